The average molecular weight is 224 g/mol. The van der Waals surface area contributed by atoms with Crippen molar-refractivity contribution in [1.29, 1.82) is 0 Å². The molecule has 78 valence electrons. The van der Waals surface area contributed by atoms with Gasteiger partial charge in [-0.2, -0.15) is 0 Å². The normalized spacial score (nSPS) is 12.1. The zero-order valence-corrected chi connectivity index (χ0v) is 11.6. The predicted molar refractivity (Wildman–Crippen MR) is 70.4 cm³/mol. The van der Waals surface area contributed by atoms with Gasteiger partial charge in [-0.15, -0.1) is 11.8 Å². The topological polar surface area (TPSA) is 0 Å². The van der Waals surface area contributed by atoms with E-state index in [1.54, 1.807) is 5.19 Å². The molecule has 0 unspecified atom stereocenters. The van der Waals surface area contributed by atoms with Crippen LogP contribution in [0.2, 0.25) is 19.6 Å². The molecule has 1 aromatic carbocycles. The van der Waals surface area contributed by atoms with Crippen molar-refractivity contribution >= 4 is 25.0 Å². The van der Waals surface area contributed by atoms with E-state index < -0.39 is 8.07 Å². The summed E-state index contributed by atoms with van der Waals surface area (Å²) in [6, 6.07) is 8.88. The molecule has 0 N–H and O–H groups in total. The van der Waals surface area contributed by atoms with Crippen molar-refractivity contribution in [2.45, 2.75) is 43.6 Å². The van der Waals surface area contributed by atoms with Crippen LogP contribution in [0, 0.1) is 0 Å². The van der Waals surface area contributed by atoms with E-state index in [4.69, 9.17) is 0 Å². The summed E-state index contributed by atoms with van der Waals surface area (Å²) < 4.78 is 0. The smallest absolute Gasteiger partial charge is 0.0790 e. The minimum atomic E-state index is -1.17. The molecule has 0 heterocycles. The van der Waals surface area contributed by atoms with Crippen LogP contribution in [0.3, 0.4) is 0 Å². The first kappa shape index (κ1) is 11.9. The summed E-state index contributed by atoms with van der Waals surface area (Å²) >= 11 is 1.99. The lowest BCUT2D eigenvalue weighted by Gasteiger charge is -2.21. The SMILES string of the molecule is CC(C)Sc1ccccc1[Si](C)(C)C. The third-order valence-corrected chi connectivity index (χ3v) is 5.37. The van der Waals surface area contributed by atoms with E-state index in [9.17, 15) is 0 Å². The zero-order chi connectivity index (χ0) is 10.8. The number of hydrogen-bond donors (Lipinski definition) is 0. The van der Waals surface area contributed by atoms with Crippen LogP contribution in [0.5, 0.6) is 0 Å². The second-order valence-corrected chi connectivity index (χ2v) is 11.6. The third kappa shape index (κ3) is 3.17. The standard InChI is InChI=1S/C12H20SSi/c1-10(2)13-11-8-6-7-9-12(11)14(3,4)5/h6-10H,1-5H3. The first-order valence-electron chi connectivity index (χ1n) is 5.17. The predicted octanol–water partition coefficient (Wildman–Crippen LogP) is 3.73. The second kappa shape index (κ2) is 4.54. The minimum Gasteiger partial charge on any atom is -0.123 e. The highest BCUT2D eigenvalue weighted by Gasteiger charge is 2.19. The number of rotatable bonds is 3. The lowest BCUT2D eigenvalue weighted by Crippen LogP contribution is -2.38. The molecule has 0 atom stereocenters. The molecule has 0 aliphatic heterocycles. The van der Waals surface area contributed by atoms with E-state index in [2.05, 4.69) is 57.8 Å². The fourth-order valence-electron chi connectivity index (χ4n) is 1.44. The highest BCUT2D eigenvalue weighted by molar-refractivity contribution is 8.00. The van der Waals surface area contributed by atoms with Gasteiger partial charge in [0.2, 0.25) is 0 Å². The Labute approximate surface area is 93.1 Å². The molecule has 2 heteroatoms. The van der Waals surface area contributed by atoms with Crippen LogP contribution in [0.1, 0.15) is 13.8 Å². The molecule has 0 amide bonds. The molecule has 0 aromatic heterocycles. The molecule has 1 aromatic rings. The van der Waals surface area contributed by atoms with Gasteiger partial charge in [0, 0.05) is 10.1 Å². The van der Waals surface area contributed by atoms with Gasteiger partial charge in [0.15, 0.2) is 0 Å². The van der Waals surface area contributed by atoms with Crippen LogP contribution in [0.25, 0.3) is 0 Å². The van der Waals surface area contributed by atoms with E-state index >= 15 is 0 Å². The summed E-state index contributed by atoms with van der Waals surface area (Å²) in [5.74, 6) is 0. The molecule has 0 aliphatic carbocycles. The fraction of sp³-hybridized carbons (Fsp3) is 0.500. The Bertz CT molecular complexity index is 299. The maximum atomic E-state index is 2.41. The van der Waals surface area contributed by atoms with Gasteiger partial charge in [-0.05, 0) is 11.3 Å². The molecule has 0 spiro atoms. The van der Waals surface area contributed by atoms with Crippen LogP contribution in [-0.2, 0) is 0 Å². The van der Waals surface area contributed by atoms with Gasteiger partial charge in [0.1, 0.15) is 0 Å². The van der Waals surface area contributed by atoms with Gasteiger partial charge < -0.3 is 0 Å². The summed E-state index contributed by atoms with van der Waals surface area (Å²) in [4.78, 5) is 1.49. The fourth-order valence-corrected chi connectivity index (χ4v) is 4.82. The van der Waals surface area contributed by atoms with E-state index in [-0.39, 0.29) is 0 Å². The van der Waals surface area contributed by atoms with Crippen molar-refractivity contribution in [3.63, 3.8) is 0 Å². The van der Waals surface area contributed by atoms with Gasteiger partial charge in [-0.3, -0.25) is 0 Å². The Morgan fingerprint density at radius 3 is 2.14 bits per heavy atom. The Balaban J connectivity index is 3.04. The molecule has 1 rings (SSSR count). The monoisotopic (exact) mass is 224 g/mol. The first-order chi connectivity index (χ1) is 6.41. The minimum absolute atomic E-state index is 0.674. The molecular formula is C12H20SSi. The highest BCUT2D eigenvalue weighted by atomic mass is 32.2. The maximum Gasteiger partial charge on any atom is 0.0790 e. The summed E-state index contributed by atoms with van der Waals surface area (Å²) in [5.41, 5.74) is 0. The Morgan fingerprint density at radius 2 is 1.64 bits per heavy atom. The first-order valence-corrected chi connectivity index (χ1v) is 9.55. The molecule has 0 fully saturated rings. The lowest BCUT2D eigenvalue weighted by atomic mass is 10.4. The van der Waals surface area contributed by atoms with Crippen LogP contribution in [0.15, 0.2) is 29.2 Å². The van der Waals surface area contributed by atoms with Crippen LogP contribution in [-0.4, -0.2) is 13.3 Å². The van der Waals surface area contributed by atoms with E-state index in [0.717, 1.165) is 0 Å². The van der Waals surface area contributed by atoms with Crippen molar-refractivity contribution in [1.82, 2.24) is 0 Å². The summed E-state index contributed by atoms with van der Waals surface area (Å²) in [7, 11) is -1.17. The number of thioether (sulfide) groups is 1. The van der Waals surface area contributed by atoms with Gasteiger partial charge in [0.25, 0.3) is 0 Å². The molecule has 0 radical (unpaired) electrons. The molecule has 14 heavy (non-hydrogen) atoms. The Morgan fingerprint density at radius 1 is 1.07 bits per heavy atom. The van der Waals surface area contributed by atoms with Crippen molar-refractivity contribution in [2.75, 3.05) is 0 Å². The lowest BCUT2D eigenvalue weighted by molar-refractivity contribution is 1.11. The molecule has 0 saturated carbocycles. The average Bonchev–Trinajstić information content (AvgIpc) is 2.01. The summed E-state index contributed by atoms with van der Waals surface area (Å²) in [6.07, 6.45) is 0. The van der Waals surface area contributed by atoms with Crippen molar-refractivity contribution < 1.29 is 0 Å². The van der Waals surface area contributed by atoms with Crippen LogP contribution >= 0.6 is 11.8 Å². The van der Waals surface area contributed by atoms with Gasteiger partial charge in [-0.25, -0.2) is 0 Å². The zero-order valence-electron chi connectivity index (χ0n) is 9.79. The molecule has 0 saturated heterocycles. The number of benzene rings is 1. The maximum absolute atomic E-state index is 2.41. The second-order valence-electron chi connectivity index (χ2n) is 4.91. The largest absolute Gasteiger partial charge is 0.123 e. The van der Waals surface area contributed by atoms with Crippen molar-refractivity contribution in [3.8, 4) is 0 Å². The van der Waals surface area contributed by atoms with Gasteiger partial charge in [0.05, 0.1) is 8.07 Å². The molecular weight excluding hydrogens is 204 g/mol. The quantitative estimate of drug-likeness (QED) is 0.557. The van der Waals surface area contributed by atoms with Gasteiger partial charge in [-0.1, -0.05) is 51.7 Å². The van der Waals surface area contributed by atoms with E-state index in [1.165, 1.54) is 4.90 Å². The van der Waals surface area contributed by atoms with E-state index in [0.29, 0.717) is 5.25 Å². The summed E-state index contributed by atoms with van der Waals surface area (Å²) in [6.45, 7) is 11.7. The van der Waals surface area contributed by atoms with Crippen LogP contribution in [0.4, 0.5) is 0 Å². The highest BCUT2D eigenvalue weighted by Crippen LogP contribution is 2.23. The molecule has 0 aliphatic rings. The van der Waals surface area contributed by atoms with Crippen molar-refractivity contribution in [2.24, 2.45) is 0 Å². The van der Waals surface area contributed by atoms with Crippen LogP contribution < -0.4 is 5.19 Å². The Hall–Kier alpha value is -0.213. The molecule has 0 nitrogen and oxygen atoms in total. The van der Waals surface area contributed by atoms with E-state index in [1.807, 2.05) is 11.8 Å². The number of hydrogen-bond acceptors (Lipinski definition) is 1. The third-order valence-electron chi connectivity index (χ3n) is 2.06. The molecule has 0 bridgehead atoms. The van der Waals surface area contributed by atoms with Gasteiger partial charge >= 0.3 is 0 Å². The Kier molecular flexibility index (Phi) is 3.84. The summed E-state index contributed by atoms with van der Waals surface area (Å²) in [5, 5.41) is 2.27. The van der Waals surface area contributed by atoms with Crippen molar-refractivity contribution in [3.05, 3.63) is 24.3 Å².